The Morgan fingerprint density at radius 1 is 1.22 bits per heavy atom. The van der Waals surface area contributed by atoms with E-state index >= 15 is 0 Å². The molecule has 0 aliphatic carbocycles. The second kappa shape index (κ2) is 4.87. The summed E-state index contributed by atoms with van der Waals surface area (Å²) in [6.45, 7) is 1.79. The monoisotopic (exact) mass is 246 g/mol. The minimum atomic E-state index is -1.03. The van der Waals surface area contributed by atoms with Crippen molar-refractivity contribution >= 4 is 5.97 Å². The first-order valence-electron chi connectivity index (χ1n) is 5.33. The molecule has 1 N–H and O–H groups in total. The number of rotatable bonds is 3. The van der Waals surface area contributed by atoms with Gasteiger partial charge in [0.15, 0.2) is 0 Å². The van der Waals surface area contributed by atoms with Crippen LogP contribution in [0.25, 0.3) is 0 Å². The molecule has 0 heterocycles. The van der Waals surface area contributed by atoms with Crippen LogP contribution in [-0.2, 0) is 0 Å². The largest absolute Gasteiger partial charge is 0.478 e. The van der Waals surface area contributed by atoms with E-state index in [4.69, 9.17) is 9.84 Å². The van der Waals surface area contributed by atoms with Crippen molar-refractivity contribution in [3.8, 4) is 11.5 Å². The van der Waals surface area contributed by atoms with Gasteiger partial charge in [0.05, 0.1) is 5.56 Å². The first-order valence-corrected chi connectivity index (χ1v) is 5.33. The Morgan fingerprint density at radius 3 is 2.67 bits per heavy atom. The number of aryl methyl sites for hydroxylation is 1. The maximum atomic E-state index is 13.0. The maximum Gasteiger partial charge on any atom is 0.335 e. The molecule has 0 aliphatic rings. The smallest absolute Gasteiger partial charge is 0.335 e. The predicted octanol–water partition coefficient (Wildman–Crippen LogP) is 3.62. The van der Waals surface area contributed by atoms with Gasteiger partial charge >= 0.3 is 5.97 Å². The van der Waals surface area contributed by atoms with E-state index in [2.05, 4.69) is 0 Å². The number of carboxylic acid groups (broad SMARTS) is 1. The van der Waals surface area contributed by atoms with Gasteiger partial charge in [-0.05, 0) is 36.8 Å². The van der Waals surface area contributed by atoms with Crippen molar-refractivity contribution in [1.82, 2.24) is 0 Å². The van der Waals surface area contributed by atoms with Gasteiger partial charge in [-0.3, -0.25) is 0 Å². The lowest BCUT2D eigenvalue weighted by molar-refractivity contribution is 0.0696. The summed E-state index contributed by atoms with van der Waals surface area (Å²) >= 11 is 0. The first-order chi connectivity index (χ1) is 8.56. The van der Waals surface area contributed by atoms with Gasteiger partial charge in [0.2, 0.25) is 0 Å². The van der Waals surface area contributed by atoms with Gasteiger partial charge in [0.25, 0.3) is 0 Å². The van der Waals surface area contributed by atoms with Crippen molar-refractivity contribution in [1.29, 1.82) is 0 Å². The fraction of sp³-hybridized carbons (Fsp3) is 0.0714. The number of ether oxygens (including phenoxy) is 1. The van der Waals surface area contributed by atoms with E-state index in [9.17, 15) is 9.18 Å². The van der Waals surface area contributed by atoms with Crippen LogP contribution in [0.1, 0.15) is 15.9 Å². The molecule has 0 saturated heterocycles. The van der Waals surface area contributed by atoms with Crippen LogP contribution < -0.4 is 4.74 Å². The van der Waals surface area contributed by atoms with Crippen LogP contribution in [0.3, 0.4) is 0 Å². The Bertz CT molecular complexity index is 593. The molecule has 0 atom stereocenters. The summed E-state index contributed by atoms with van der Waals surface area (Å²) in [6.07, 6.45) is 0. The standard InChI is InChI=1S/C14H11FO3/c1-9-5-6-10(14(16)17)7-13(9)18-12-4-2-3-11(15)8-12/h2-8H,1H3,(H,16,17). The number of hydrogen-bond donors (Lipinski definition) is 1. The molecule has 2 rings (SSSR count). The Kier molecular flexibility index (Phi) is 3.28. The highest BCUT2D eigenvalue weighted by atomic mass is 19.1. The fourth-order valence-corrected chi connectivity index (χ4v) is 1.50. The molecule has 2 aromatic carbocycles. The van der Waals surface area contributed by atoms with Crippen LogP contribution in [0.15, 0.2) is 42.5 Å². The van der Waals surface area contributed by atoms with Crippen molar-refractivity contribution < 1.29 is 19.0 Å². The van der Waals surface area contributed by atoms with Crippen molar-refractivity contribution in [2.75, 3.05) is 0 Å². The molecular weight excluding hydrogens is 235 g/mol. The Balaban J connectivity index is 2.33. The van der Waals surface area contributed by atoms with Crippen molar-refractivity contribution in [3.05, 3.63) is 59.4 Å². The summed E-state index contributed by atoms with van der Waals surface area (Å²) in [5, 5.41) is 8.89. The molecule has 0 unspecified atom stereocenters. The topological polar surface area (TPSA) is 46.5 Å². The highest BCUT2D eigenvalue weighted by Gasteiger charge is 2.08. The van der Waals surface area contributed by atoms with Crippen molar-refractivity contribution in [3.63, 3.8) is 0 Å². The van der Waals surface area contributed by atoms with E-state index in [-0.39, 0.29) is 5.56 Å². The first kappa shape index (κ1) is 12.1. The van der Waals surface area contributed by atoms with Gasteiger partial charge in [-0.2, -0.15) is 0 Å². The number of benzene rings is 2. The fourth-order valence-electron chi connectivity index (χ4n) is 1.50. The van der Waals surface area contributed by atoms with Gasteiger partial charge in [0.1, 0.15) is 17.3 Å². The molecule has 0 aromatic heterocycles. The summed E-state index contributed by atoms with van der Waals surface area (Å²) in [6, 6.07) is 10.3. The third kappa shape index (κ3) is 2.66. The molecule has 0 bridgehead atoms. The SMILES string of the molecule is Cc1ccc(C(=O)O)cc1Oc1cccc(F)c1. The second-order valence-electron chi connectivity index (χ2n) is 3.84. The van der Waals surface area contributed by atoms with Gasteiger partial charge in [-0.15, -0.1) is 0 Å². The second-order valence-corrected chi connectivity index (χ2v) is 3.84. The van der Waals surface area contributed by atoms with Gasteiger partial charge in [-0.25, -0.2) is 9.18 Å². The number of halogens is 1. The number of carboxylic acids is 1. The maximum absolute atomic E-state index is 13.0. The molecule has 2 aromatic rings. The summed E-state index contributed by atoms with van der Waals surface area (Å²) in [7, 11) is 0. The summed E-state index contributed by atoms with van der Waals surface area (Å²) in [5.41, 5.74) is 0.913. The minimum absolute atomic E-state index is 0.131. The molecular formula is C14H11FO3. The predicted molar refractivity (Wildman–Crippen MR) is 64.6 cm³/mol. The molecule has 3 nitrogen and oxygen atoms in total. The summed E-state index contributed by atoms with van der Waals surface area (Å²) in [4.78, 5) is 10.9. The van der Waals surface area contributed by atoms with Gasteiger partial charge in [0, 0.05) is 6.07 Å². The average molecular weight is 246 g/mol. The lowest BCUT2D eigenvalue weighted by Crippen LogP contribution is -1.97. The van der Waals surface area contributed by atoms with Gasteiger partial charge in [-0.1, -0.05) is 12.1 Å². The zero-order valence-electron chi connectivity index (χ0n) is 9.68. The molecule has 0 aliphatic heterocycles. The van der Waals surface area contributed by atoms with Crippen molar-refractivity contribution in [2.24, 2.45) is 0 Å². The summed E-state index contributed by atoms with van der Waals surface area (Å²) < 4.78 is 18.5. The highest BCUT2D eigenvalue weighted by molar-refractivity contribution is 5.88. The zero-order valence-corrected chi connectivity index (χ0v) is 9.68. The highest BCUT2D eigenvalue weighted by Crippen LogP contribution is 2.26. The molecule has 0 spiro atoms. The van der Waals surface area contributed by atoms with Crippen LogP contribution >= 0.6 is 0 Å². The van der Waals surface area contributed by atoms with E-state index in [0.29, 0.717) is 11.5 Å². The Morgan fingerprint density at radius 2 is 2.00 bits per heavy atom. The Hall–Kier alpha value is -2.36. The third-order valence-corrected chi connectivity index (χ3v) is 2.46. The number of hydrogen-bond acceptors (Lipinski definition) is 2. The van der Waals surface area contributed by atoms with Crippen LogP contribution in [-0.4, -0.2) is 11.1 Å². The van der Waals surface area contributed by atoms with E-state index in [1.807, 2.05) is 0 Å². The van der Waals surface area contributed by atoms with Crippen molar-refractivity contribution in [2.45, 2.75) is 6.92 Å². The average Bonchev–Trinajstić information content (AvgIpc) is 2.31. The lowest BCUT2D eigenvalue weighted by atomic mass is 10.1. The molecule has 18 heavy (non-hydrogen) atoms. The molecule has 0 fully saturated rings. The summed E-state index contributed by atoms with van der Waals surface area (Å²) in [5.74, 6) is -0.695. The van der Waals surface area contributed by atoms with Crippen LogP contribution in [0.2, 0.25) is 0 Å². The molecule has 4 heteroatoms. The number of aromatic carboxylic acids is 1. The van der Waals surface area contributed by atoms with Gasteiger partial charge < -0.3 is 9.84 Å². The van der Waals surface area contributed by atoms with E-state index in [0.717, 1.165) is 5.56 Å². The van der Waals surface area contributed by atoms with E-state index in [1.165, 1.54) is 30.3 Å². The normalized spacial score (nSPS) is 10.1. The molecule has 0 radical (unpaired) electrons. The molecule has 0 amide bonds. The molecule has 92 valence electrons. The third-order valence-electron chi connectivity index (χ3n) is 2.46. The van der Waals surface area contributed by atoms with E-state index < -0.39 is 11.8 Å². The van der Waals surface area contributed by atoms with E-state index in [1.54, 1.807) is 19.1 Å². The quantitative estimate of drug-likeness (QED) is 0.899. The Labute approximate surface area is 103 Å². The zero-order chi connectivity index (χ0) is 13.1. The minimum Gasteiger partial charge on any atom is -0.478 e. The van der Waals surface area contributed by atoms with Crippen LogP contribution in [0.4, 0.5) is 4.39 Å². The lowest BCUT2D eigenvalue weighted by Gasteiger charge is -2.09. The van der Waals surface area contributed by atoms with Crippen LogP contribution in [0, 0.1) is 12.7 Å². The number of carbonyl (C=O) groups is 1. The van der Waals surface area contributed by atoms with Crippen LogP contribution in [0.5, 0.6) is 11.5 Å². The molecule has 0 saturated carbocycles.